The molecular formula is C13H20O3. The molecule has 0 heterocycles. The van der Waals surface area contributed by atoms with E-state index in [1.165, 1.54) is 13.3 Å². The first-order valence-electron chi connectivity index (χ1n) is 6.38. The van der Waals surface area contributed by atoms with Crippen molar-refractivity contribution in [1.82, 2.24) is 0 Å². The monoisotopic (exact) mass is 224 g/mol. The van der Waals surface area contributed by atoms with Crippen LogP contribution in [-0.2, 0) is 9.53 Å². The molecule has 1 unspecified atom stereocenters. The average molecular weight is 224 g/mol. The Balaban J connectivity index is 1.99. The highest BCUT2D eigenvalue weighted by molar-refractivity contribution is 5.66. The number of esters is 1. The minimum atomic E-state index is -0.559. The van der Waals surface area contributed by atoms with Gasteiger partial charge in [0.25, 0.3) is 0 Å². The summed E-state index contributed by atoms with van der Waals surface area (Å²) in [6.45, 7) is 3.59. The van der Waals surface area contributed by atoms with Gasteiger partial charge in [0.1, 0.15) is 5.60 Å². The molecule has 0 aromatic rings. The van der Waals surface area contributed by atoms with Gasteiger partial charge in [-0.2, -0.15) is 0 Å². The lowest BCUT2D eigenvalue weighted by Crippen LogP contribution is -2.56. The van der Waals surface area contributed by atoms with Crippen LogP contribution in [-0.4, -0.2) is 22.3 Å². The number of ether oxygens (including phenoxy) is 1. The highest BCUT2D eigenvalue weighted by Crippen LogP contribution is 2.64. The molecule has 4 bridgehead atoms. The summed E-state index contributed by atoms with van der Waals surface area (Å²) in [4.78, 5) is 11.3. The third-order valence-corrected chi connectivity index (χ3v) is 5.20. The normalized spacial score (nSPS) is 54.1. The summed E-state index contributed by atoms with van der Waals surface area (Å²) in [7, 11) is 0. The summed E-state index contributed by atoms with van der Waals surface area (Å²) in [5.41, 5.74) is -0.891. The molecule has 1 N–H and O–H groups in total. The van der Waals surface area contributed by atoms with Crippen LogP contribution in [0.4, 0.5) is 0 Å². The van der Waals surface area contributed by atoms with Crippen LogP contribution in [0, 0.1) is 17.8 Å². The number of carbonyl (C=O) groups excluding carboxylic acids is 1. The van der Waals surface area contributed by atoms with Gasteiger partial charge in [-0.05, 0) is 43.9 Å². The summed E-state index contributed by atoms with van der Waals surface area (Å²) in [6.07, 6.45) is 4.97. The predicted molar refractivity (Wildman–Crippen MR) is 58.7 cm³/mol. The van der Waals surface area contributed by atoms with E-state index >= 15 is 0 Å². The standard InChI is InChI=1S/C13H20O3/c1-8-5-12(16-9(2)14)6-10-3-4-11(12)13(8,15)7-10/h8,10-11,15H,3-7H2,1-2H3/t8?,10-,11+,12+,13+/m1/s1. The second kappa shape index (κ2) is 3.00. The van der Waals surface area contributed by atoms with E-state index < -0.39 is 5.60 Å². The van der Waals surface area contributed by atoms with Crippen molar-refractivity contribution in [3.8, 4) is 0 Å². The highest BCUT2D eigenvalue weighted by atomic mass is 16.6. The lowest BCUT2D eigenvalue weighted by Gasteiger charge is -2.52. The molecular weight excluding hydrogens is 204 g/mol. The van der Waals surface area contributed by atoms with Crippen LogP contribution >= 0.6 is 0 Å². The maximum Gasteiger partial charge on any atom is 0.303 e. The zero-order valence-corrected chi connectivity index (χ0v) is 10.0. The second-order valence-corrected chi connectivity index (χ2v) is 6.16. The van der Waals surface area contributed by atoms with Gasteiger partial charge in [-0.15, -0.1) is 0 Å². The summed E-state index contributed by atoms with van der Waals surface area (Å²) in [5, 5.41) is 10.8. The minimum Gasteiger partial charge on any atom is -0.459 e. The van der Waals surface area contributed by atoms with Crippen LogP contribution in [0.25, 0.3) is 0 Å². The first kappa shape index (κ1) is 10.6. The average Bonchev–Trinajstić information content (AvgIpc) is 2.29. The van der Waals surface area contributed by atoms with Gasteiger partial charge < -0.3 is 9.84 Å². The third kappa shape index (κ3) is 1.15. The summed E-state index contributed by atoms with van der Waals surface area (Å²) in [6, 6.07) is 0. The molecule has 0 aromatic carbocycles. The SMILES string of the molecule is CC(=O)O[C@]12CC(C)[C@@]3(O)C[C@H](CC[C@@H]13)C2. The molecule has 4 aliphatic carbocycles. The fourth-order valence-electron chi connectivity index (χ4n) is 4.79. The van der Waals surface area contributed by atoms with Crippen LogP contribution in [0.1, 0.15) is 46.0 Å². The Bertz CT molecular complexity index is 340. The summed E-state index contributed by atoms with van der Waals surface area (Å²) >= 11 is 0. The van der Waals surface area contributed by atoms with Crippen molar-refractivity contribution in [2.45, 2.75) is 57.2 Å². The maximum absolute atomic E-state index is 11.3. The van der Waals surface area contributed by atoms with Crippen molar-refractivity contribution in [2.75, 3.05) is 0 Å². The quantitative estimate of drug-likeness (QED) is 0.692. The van der Waals surface area contributed by atoms with Crippen LogP contribution in [0.15, 0.2) is 0 Å². The predicted octanol–water partition coefficient (Wildman–Crippen LogP) is 1.88. The van der Waals surface area contributed by atoms with E-state index in [0.29, 0.717) is 5.92 Å². The molecule has 4 rings (SSSR count). The Kier molecular flexibility index (Phi) is 1.99. The Hall–Kier alpha value is -0.570. The second-order valence-electron chi connectivity index (χ2n) is 6.16. The van der Waals surface area contributed by atoms with Crippen molar-refractivity contribution < 1.29 is 14.6 Å². The Labute approximate surface area is 96.2 Å². The number of hydrogen-bond donors (Lipinski definition) is 1. The van der Waals surface area contributed by atoms with E-state index in [-0.39, 0.29) is 23.4 Å². The van der Waals surface area contributed by atoms with E-state index in [4.69, 9.17) is 4.74 Å². The summed E-state index contributed by atoms with van der Waals surface area (Å²) < 4.78 is 5.64. The largest absolute Gasteiger partial charge is 0.459 e. The number of hydrogen-bond acceptors (Lipinski definition) is 3. The van der Waals surface area contributed by atoms with Crippen LogP contribution in [0.5, 0.6) is 0 Å². The molecule has 3 heteroatoms. The van der Waals surface area contributed by atoms with Gasteiger partial charge in [-0.1, -0.05) is 6.92 Å². The van der Waals surface area contributed by atoms with E-state index in [1.54, 1.807) is 0 Å². The van der Waals surface area contributed by atoms with E-state index in [2.05, 4.69) is 6.92 Å². The molecule has 0 amide bonds. The topological polar surface area (TPSA) is 46.5 Å². The van der Waals surface area contributed by atoms with E-state index in [0.717, 1.165) is 25.7 Å². The number of carbonyl (C=O) groups is 1. The Morgan fingerprint density at radius 1 is 1.31 bits per heavy atom. The summed E-state index contributed by atoms with van der Waals surface area (Å²) in [5.74, 6) is 0.814. The molecule has 0 radical (unpaired) electrons. The van der Waals surface area contributed by atoms with Crippen LogP contribution < -0.4 is 0 Å². The van der Waals surface area contributed by atoms with Gasteiger partial charge in [-0.25, -0.2) is 0 Å². The molecule has 0 saturated heterocycles. The van der Waals surface area contributed by atoms with Crippen molar-refractivity contribution >= 4 is 5.97 Å². The zero-order chi connectivity index (χ0) is 11.6. The van der Waals surface area contributed by atoms with Gasteiger partial charge in [0.2, 0.25) is 0 Å². The zero-order valence-electron chi connectivity index (χ0n) is 10.0. The highest BCUT2D eigenvalue weighted by Gasteiger charge is 2.67. The molecule has 5 atom stereocenters. The van der Waals surface area contributed by atoms with Gasteiger partial charge >= 0.3 is 5.97 Å². The third-order valence-electron chi connectivity index (χ3n) is 5.20. The Morgan fingerprint density at radius 3 is 2.69 bits per heavy atom. The molecule has 4 aliphatic rings. The molecule has 4 fully saturated rings. The molecule has 90 valence electrons. The maximum atomic E-state index is 11.3. The van der Waals surface area contributed by atoms with Crippen molar-refractivity contribution in [2.24, 2.45) is 17.8 Å². The molecule has 4 saturated carbocycles. The lowest BCUT2D eigenvalue weighted by atomic mass is 9.59. The molecule has 3 nitrogen and oxygen atoms in total. The van der Waals surface area contributed by atoms with Gasteiger partial charge in [0, 0.05) is 12.8 Å². The molecule has 0 aliphatic heterocycles. The minimum absolute atomic E-state index is 0.184. The number of fused-ring (bicyclic) bond motifs is 1. The number of rotatable bonds is 1. The van der Waals surface area contributed by atoms with Gasteiger partial charge in [0.15, 0.2) is 0 Å². The van der Waals surface area contributed by atoms with Gasteiger partial charge in [0.05, 0.1) is 5.60 Å². The Morgan fingerprint density at radius 2 is 2.06 bits per heavy atom. The van der Waals surface area contributed by atoms with Gasteiger partial charge in [-0.3, -0.25) is 4.79 Å². The smallest absolute Gasteiger partial charge is 0.303 e. The fraction of sp³-hybridized carbons (Fsp3) is 0.923. The van der Waals surface area contributed by atoms with Crippen molar-refractivity contribution in [1.29, 1.82) is 0 Å². The molecule has 0 spiro atoms. The first-order chi connectivity index (χ1) is 7.46. The number of aliphatic hydroxyl groups is 1. The van der Waals surface area contributed by atoms with Crippen molar-refractivity contribution in [3.63, 3.8) is 0 Å². The van der Waals surface area contributed by atoms with Crippen LogP contribution in [0.3, 0.4) is 0 Å². The lowest BCUT2D eigenvalue weighted by molar-refractivity contribution is -0.195. The van der Waals surface area contributed by atoms with E-state index in [9.17, 15) is 9.90 Å². The molecule has 0 aromatic heterocycles. The van der Waals surface area contributed by atoms with Crippen LogP contribution in [0.2, 0.25) is 0 Å². The molecule has 16 heavy (non-hydrogen) atoms. The first-order valence-corrected chi connectivity index (χ1v) is 6.38. The van der Waals surface area contributed by atoms with Crippen molar-refractivity contribution in [3.05, 3.63) is 0 Å². The fourth-order valence-corrected chi connectivity index (χ4v) is 4.79. The van der Waals surface area contributed by atoms with E-state index in [1.807, 2.05) is 0 Å².